The molecule has 0 aliphatic rings. The van der Waals surface area contributed by atoms with Crippen LogP contribution in [0.4, 0.5) is 15.9 Å². The Morgan fingerprint density at radius 1 is 1.07 bits per heavy atom. The lowest BCUT2D eigenvalue weighted by molar-refractivity contribution is 0.0601. The number of nitrogens with one attached hydrogen (secondary N) is 2. The molecule has 0 fully saturated rings. The van der Waals surface area contributed by atoms with Crippen molar-refractivity contribution in [2.45, 2.75) is 6.42 Å². The number of aromatic nitrogens is 1. The van der Waals surface area contributed by atoms with E-state index in [4.69, 9.17) is 4.74 Å². The summed E-state index contributed by atoms with van der Waals surface area (Å²) in [6.45, 7) is 0.417. The Bertz CT molecular complexity index is 1010. The Balaban J connectivity index is 1.64. The fourth-order valence-corrected chi connectivity index (χ4v) is 2.73. The number of benzene rings is 2. The minimum Gasteiger partial charge on any atom is -0.465 e. The molecule has 0 aliphatic carbocycles. The van der Waals surface area contributed by atoms with E-state index in [1.807, 2.05) is 0 Å². The van der Waals surface area contributed by atoms with Crippen molar-refractivity contribution in [1.82, 2.24) is 10.3 Å². The molecule has 1 amide bonds. The fraction of sp³-hybridized carbons (Fsp3) is 0.136. The summed E-state index contributed by atoms with van der Waals surface area (Å²) >= 11 is 0. The van der Waals surface area contributed by atoms with Gasteiger partial charge in [0.25, 0.3) is 5.91 Å². The van der Waals surface area contributed by atoms with Crippen LogP contribution < -0.4 is 10.6 Å². The number of carbonyl (C=O) groups excluding carboxylic acids is 2. The van der Waals surface area contributed by atoms with E-state index < -0.39 is 5.97 Å². The van der Waals surface area contributed by atoms with Crippen molar-refractivity contribution in [2.75, 3.05) is 19.0 Å². The lowest BCUT2D eigenvalue weighted by atomic mass is 10.1. The predicted molar refractivity (Wildman–Crippen MR) is 108 cm³/mol. The standard InChI is InChI=1S/C22H20FN3O3/c1-29-22(28)18-4-2-3-5-19(18)26-20-14-16(11-13-24-20)21(27)25-12-10-15-6-8-17(23)9-7-15/h2-9,11,13-14H,10,12H2,1H3,(H,24,26)(H,25,27). The second-order valence-electron chi connectivity index (χ2n) is 6.22. The van der Waals surface area contributed by atoms with E-state index in [-0.39, 0.29) is 11.7 Å². The second-order valence-corrected chi connectivity index (χ2v) is 6.22. The number of ether oxygens (including phenoxy) is 1. The number of carbonyl (C=O) groups is 2. The number of para-hydroxylation sites is 1. The molecule has 0 spiro atoms. The molecular formula is C22H20FN3O3. The number of amides is 1. The van der Waals surface area contributed by atoms with Crippen LogP contribution in [0, 0.1) is 5.82 Å². The zero-order valence-electron chi connectivity index (χ0n) is 15.8. The van der Waals surface area contributed by atoms with Gasteiger partial charge >= 0.3 is 5.97 Å². The van der Waals surface area contributed by atoms with Crippen LogP contribution in [0.15, 0.2) is 66.9 Å². The molecule has 0 unspecified atom stereocenters. The van der Waals surface area contributed by atoms with Gasteiger partial charge in [-0.3, -0.25) is 4.79 Å². The SMILES string of the molecule is COC(=O)c1ccccc1Nc1cc(C(=O)NCCc2ccc(F)cc2)ccn1. The quantitative estimate of drug-likeness (QED) is 0.598. The van der Waals surface area contributed by atoms with Crippen LogP contribution >= 0.6 is 0 Å². The van der Waals surface area contributed by atoms with Crippen molar-refractivity contribution in [2.24, 2.45) is 0 Å². The highest BCUT2D eigenvalue weighted by Crippen LogP contribution is 2.21. The highest BCUT2D eigenvalue weighted by molar-refractivity contribution is 5.97. The van der Waals surface area contributed by atoms with E-state index in [9.17, 15) is 14.0 Å². The molecule has 1 heterocycles. The van der Waals surface area contributed by atoms with Crippen LogP contribution in [-0.4, -0.2) is 30.5 Å². The van der Waals surface area contributed by atoms with Crippen LogP contribution in [0.2, 0.25) is 0 Å². The Hall–Kier alpha value is -3.74. The normalized spacial score (nSPS) is 10.3. The second kappa shape index (κ2) is 9.45. The van der Waals surface area contributed by atoms with E-state index >= 15 is 0 Å². The Morgan fingerprint density at radius 3 is 2.59 bits per heavy atom. The van der Waals surface area contributed by atoms with E-state index in [0.29, 0.717) is 35.6 Å². The Kier molecular flexibility index (Phi) is 6.52. The zero-order valence-corrected chi connectivity index (χ0v) is 15.8. The van der Waals surface area contributed by atoms with Gasteiger partial charge in [-0.25, -0.2) is 14.2 Å². The lowest BCUT2D eigenvalue weighted by Gasteiger charge is -2.11. The molecule has 0 aliphatic heterocycles. The summed E-state index contributed by atoms with van der Waals surface area (Å²) in [5, 5.41) is 5.87. The topological polar surface area (TPSA) is 80.3 Å². The molecule has 0 saturated heterocycles. The van der Waals surface area contributed by atoms with Crippen molar-refractivity contribution < 1.29 is 18.7 Å². The third-order valence-corrected chi connectivity index (χ3v) is 4.23. The largest absolute Gasteiger partial charge is 0.465 e. The first kappa shape index (κ1) is 20.0. The van der Waals surface area contributed by atoms with Gasteiger partial charge < -0.3 is 15.4 Å². The lowest BCUT2D eigenvalue weighted by Crippen LogP contribution is -2.25. The van der Waals surface area contributed by atoms with Gasteiger partial charge in [-0.1, -0.05) is 24.3 Å². The molecule has 3 aromatic rings. The van der Waals surface area contributed by atoms with Gasteiger partial charge in [0.15, 0.2) is 0 Å². The van der Waals surface area contributed by atoms with Crippen LogP contribution in [-0.2, 0) is 11.2 Å². The molecule has 0 atom stereocenters. The summed E-state index contributed by atoms with van der Waals surface area (Å²) in [4.78, 5) is 28.5. The van der Waals surface area contributed by atoms with Gasteiger partial charge in [-0.15, -0.1) is 0 Å². The number of anilines is 2. The zero-order chi connectivity index (χ0) is 20.6. The molecule has 0 bridgehead atoms. The molecule has 29 heavy (non-hydrogen) atoms. The number of halogens is 1. The van der Waals surface area contributed by atoms with Crippen LogP contribution in [0.25, 0.3) is 0 Å². The Morgan fingerprint density at radius 2 is 1.83 bits per heavy atom. The summed E-state index contributed by atoms with van der Waals surface area (Å²) in [5.74, 6) is -0.586. The minimum absolute atomic E-state index is 0.251. The molecule has 3 rings (SSSR count). The van der Waals surface area contributed by atoms with E-state index in [2.05, 4.69) is 15.6 Å². The molecule has 0 radical (unpaired) electrons. The van der Waals surface area contributed by atoms with Gasteiger partial charge in [0, 0.05) is 18.3 Å². The summed E-state index contributed by atoms with van der Waals surface area (Å²) in [6.07, 6.45) is 2.10. The number of pyridine rings is 1. The number of hydrogen-bond donors (Lipinski definition) is 2. The summed E-state index contributed by atoms with van der Waals surface area (Å²) < 4.78 is 17.7. The first-order valence-electron chi connectivity index (χ1n) is 9.00. The Labute approximate surface area is 167 Å². The molecule has 6 nitrogen and oxygen atoms in total. The van der Waals surface area contributed by atoms with Crippen molar-refractivity contribution in [1.29, 1.82) is 0 Å². The van der Waals surface area contributed by atoms with E-state index in [1.165, 1.54) is 25.4 Å². The average molecular weight is 393 g/mol. The number of esters is 1. The highest BCUT2D eigenvalue weighted by Gasteiger charge is 2.12. The third kappa shape index (κ3) is 5.38. The van der Waals surface area contributed by atoms with Gasteiger partial charge in [-0.05, 0) is 48.4 Å². The number of rotatable bonds is 7. The van der Waals surface area contributed by atoms with Gasteiger partial charge in [0.05, 0.1) is 18.4 Å². The first-order chi connectivity index (χ1) is 14.1. The van der Waals surface area contributed by atoms with Crippen molar-refractivity contribution in [3.05, 3.63) is 89.4 Å². The average Bonchev–Trinajstić information content (AvgIpc) is 2.75. The van der Waals surface area contributed by atoms with E-state index in [1.54, 1.807) is 48.5 Å². The molecular weight excluding hydrogens is 373 g/mol. The van der Waals surface area contributed by atoms with Crippen molar-refractivity contribution in [3.8, 4) is 0 Å². The summed E-state index contributed by atoms with van der Waals surface area (Å²) in [6, 6.07) is 16.2. The van der Waals surface area contributed by atoms with Crippen molar-refractivity contribution in [3.63, 3.8) is 0 Å². The number of nitrogens with zero attached hydrogens (tertiary/aromatic N) is 1. The highest BCUT2D eigenvalue weighted by atomic mass is 19.1. The summed E-state index contributed by atoms with van der Waals surface area (Å²) in [7, 11) is 1.31. The minimum atomic E-state index is -0.470. The van der Waals surface area contributed by atoms with Crippen LogP contribution in [0.3, 0.4) is 0 Å². The maximum absolute atomic E-state index is 12.9. The van der Waals surface area contributed by atoms with Gasteiger partial charge in [0.2, 0.25) is 0 Å². The number of hydrogen-bond acceptors (Lipinski definition) is 5. The molecule has 148 valence electrons. The fourth-order valence-electron chi connectivity index (χ4n) is 2.73. The molecule has 1 aromatic heterocycles. The predicted octanol–water partition coefficient (Wildman–Crippen LogP) is 3.72. The maximum Gasteiger partial charge on any atom is 0.339 e. The van der Waals surface area contributed by atoms with Crippen LogP contribution in [0.1, 0.15) is 26.3 Å². The monoisotopic (exact) mass is 393 g/mol. The molecule has 2 N–H and O–H groups in total. The first-order valence-corrected chi connectivity index (χ1v) is 9.00. The smallest absolute Gasteiger partial charge is 0.339 e. The van der Waals surface area contributed by atoms with Crippen LogP contribution in [0.5, 0.6) is 0 Å². The molecule has 2 aromatic carbocycles. The maximum atomic E-state index is 12.9. The van der Waals surface area contributed by atoms with Gasteiger partial charge in [-0.2, -0.15) is 0 Å². The van der Waals surface area contributed by atoms with Crippen molar-refractivity contribution >= 4 is 23.4 Å². The van der Waals surface area contributed by atoms with Gasteiger partial charge in [0.1, 0.15) is 11.6 Å². The third-order valence-electron chi connectivity index (χ3n) is 4.23. The molecule has 7 heteroatoms. The number of methoxy groups -OCH3 is 1. The van der Waals surface area contributed by atoms with E-state index in [0.717, 1.165) is 5.56 Å². The molecule has 0 saturated carbocycles. The summed E-state index contributed by atoms with van der Waals surface area (Å²) in [5.41, 5.74) is 2.26.